The molecule has 0 aliphatic rings. The zero-order valence-corrected chi connectivity index (χ0v) is 28.0. The van der Waals surface area contributed by atoms with Gasteiger partial charge in [0.05, 0.1) is 26.2 Å². The molecule has 0 rings (SSSR count). The van der Waals surface area contributed by atoms with Gasteiger partial charge in [-0.1, -0.05) is 6.92 Å². The van der Waals surface area contributed by atoms with Crippen molar-refractivity contribution in [2.45, 2.75) is 112 Å². The van der Waals surface area contributed by atoms with Gasteiger partial charge in [0.25, 0.3) is 0 Å². The van der Waals surface area contributed by atoms with Crippen molar-refractivity contribution < 1.29 is 38.1 Å². The zero-order valence-electron chi connectivity index (χ0n) is 28.0. The summed E-state index contributed by atoms with van der Waals surface area (Å²) in [6.45, 7) is 25.6. The van der Waals surface area contributed by atoms with Crippen LogP contribution >= 0.6 is 0 Å². The molecule has 0 fully saturated rings. The van der Waals surface area contributed by atoms with E-state index in [1.165, 1.54) is 0 Å². The van der Waals surface area contributed by atoms with Gasteiger partial charge in [-0.15, -0.1) is 0 Å². The molecule has 0 atom stereocenters. The fourth-order valence-corrected chi connectivity index (χ4v) is 3.62. The first-order valence-electron chi connectivity index (χ1n) is 14.4. The van der Waals surface area contributed by atoms with Crippen LogP contribution in [0.4, 0.5) is 0 Å². The maximum Gasteiger partial charge on any atom is 0.320 e. The predicted molar refractivity (Wildman–Crippen MR) is 158 cm³/mol. The summed E-state index contributed by atoms with van der Waals surface area (Å²) in [6.07, 6.45) is 0. The van der Waals surface area contributed by atoms with E-state index in [0.717, 1.165) is 0 Å². The molecule has 0 aromatic carbocycles. The van der Waals surface area contributed by atoms with Crippen LogP contribution in [0.25, 0.3) is 0 Å². The van der Waals surface area contributed by atoms with Crippen molar-refractivity contribution in [3.05, 3.63) is 0 Å². The number of nitrogens with zero attached hydrogens (tertiary/aromatic N) is 3. The monoisotopic (exact) mass is 587 g/mol. The van der Waals surface area contributed by atoms with Crippen LogP contribution < -0.4 is 0 Å². The third kappa shape index (κ3) is 23.1. The Morgan fingerprint density at radius 1 is 0.415 bits per heavy atom. The molecule has 0 amide bonds. The van der Waals surface area contributed by atoms with Gasteiger partial charge in [-0.05, 0) is 89.6 Å². The second-order valence-corrected chi connectivity index (χ2v) is 14.2. The molecule has 0 N–H and O–H groups in total. The van der Waals surface area contributed by atoms with E-state index in [9.17, 15) is 19.2 Å². The van der Waals surface area contributed by atoms with E-state index in [1.54, 1.807) is 67.2 Å². The molecule has 41 heavy (non-hydrogen) atoms. The van der Waals surface area contributed by atoms with Gasteiger partial charge in [0, 0.05) is 26.2 Å². The van der Waals surface area contributed by atoms with Gasteiger partial charge in [-0.3, -0.25) is 33.9 Å². The van der Waals surface area contributed by atoms with Gasteiger partial charge in [0.15, 0.2) is 0 Å². The molecule has 0 aliphatic heterocycles. The minimum atomic E-state index is -0.671. The summed E-state index contributed by atoms with van der Waals surface area (Å²) < 4.78 is 21.9. The van der Waals surface area contributed by atoms with E-state index in [2.05, 4.69) is 0 Å². The molecule has 240 valence electrons. The maximum absolute atomic E-state index is 12.7. The Bertz CT molecular complexity index is 818. The van der Waals surface area contributed by atoms with E-state index in [4.69, 9.17) is 18.9 Å². The number of carbonyl (C=O) groups excluding carboxylic acids is 4. The highest BCUT2D eigenvalue weighted by atomic mass is 16.6. The second-order valence-electron chi connectivity index (χ2n) is 14.2. The lowest BCUT2D eigenvalue weighted by Gasteiger charge is -2.30. The molecular weight excluding hydrogens is 530 g/mol. The Kier molecular flexibility index (Phi) is 15.5. The van der Waals surface area contributed by atoms with Crippen molar-refractivity contribution in [2.24, 2.45) is 0 Å². The van der Waals surface area contributed by atoms with Crippen LogP contribution in [-0.2, 0) is 38.1 Å². The summed E-state index contributed by atoms with van der Waals surface area (Å²) >= 11 is 0. The minimum absolute atomic E-state index is 0.00791. The Morgan fingerprint density at radius 3 is 0.902 bits per heavy atom. The minimum Gasteiger partial charge on any atom is -0.459 e. The average molecular weight is 588 g/mol. The van der Waals surface area contributed by atoms with E-state index >= 15 is 0 Å². The summed E-state index contributed by atoms with van der Waals surface area (Å²) in [5.74, 6) is -1.64. The van der Waals surface area contributed by atoms with Crippen LogP contribution in [0.1, 0.15) is 90.0 Å². The number of carbonyl (C=O) groups is 4. The van der Waals surface area contributed by atoms with Crippen molar-refractivity contribution in [3.8, 4) is 0 Å². The lowest BCUT2D eigenvalue weighted by molar-refractivity contribution is -0.161. The second kappa shape index (κ2) is 16.4. The van der Waals surface area contributed by atoms with Crippen molar-refractivity contribution in [2.75, 3.05) is 58.9 Å². The fraction of sp³-hybridized carbons (Fsp3) is 0.867. The normalized spacial score (nSPS) is 13.0. The number of esters is 4. The predicted octanol–water partition coefficient (Wildman–Crippen LogP) is 3.28. The lowest BCUT2D eigenvalue weighted by Crippen LogP contribution is -2.46. The molecule has 11 heteroatoms. The third-order valence-electron chi connectivity index (χ3n) is 5.00. The topological polar surface area (TPSA) is 115 Å². The van der Waals surface area contributed by atoms with Crippen LogP contribution in [0.5, 0.6) is 0 Å². The molecule has 0 radical (unpaired) electrons. The van der Waals surface area contributed by atoms with E-state index < -0.39 is 40.3 Å². The molecule has 0 heterocycles. The van der Waals surface area contributed by atoms with E-state index in [1.807, 2.05) is 37.5 Å². The largest absolute Gasteiger partial charge is 0.459 e. The Morgan fingerprint density at radius 2 is 0.634 bits per heavy atom. The quantitative estimate of drug-likeness (QED) is 0.208. The van der Waals surface area contributed by atoms with Gasteiger partial charge >= 0.3 is 23.9 Å². The molecule has 0 aliphatic carbocycles. The number of hydrogen-bond donors (Lipinski definition) is 0. The summed E-state index contributed by atoms with van der Waals surface area (Å²) in [7, 11) is 0. The molecule has 0 saturated carbocycles. The number of rotatable bonds is 15. The van der Waals surface area contributed by atoms with Gasteiger partial charge < -0.3 is 18.9 Å². The van der Waals surface area contributed by atoms with Crippen molar-refractivity contribution >= 4 is 23.9 Å². The molecule has 0 unspecified atom stereocenters. The summed E-state index contributed by atoms with van der Waals surface area (Å²) in [4.78, 5) is 55.8. The third-order valence-corrected chi connectivity index (χ3v) is 5.00. The van der Waals surface area contributed by atoms with Gasteiger partial charge in [0.1, 0.15) is 22.4 Å². The fourth-order valence-electron chi connectivity index (χ4n) is 3.62. The van der Waals surface area contributed by atoms with Crippen LogP contribution in [0.3, 0.4) is 0 Å². The Hall–Kier alpha value is -2.24. The Labute approximate surface area is 248 Å². The SMILES string of the molecule is CCN(CCN(CCN(CC(=O)OC(C)(C)C)CC(=O)OC(C)(C)C)CC(=O)OC(C)(C)C)CC(=O)OC(C)(C)C. The van der Waals surface area contributed by atoms with Gasteiger partial charge in [-0.2, -0.15) is 0 Å². The van der Waals surface area contributed by atoms with Crippen molar-refractivity contribution in [1.82, 2.24) is 14.7 Å². The number of hydrogen-bond acceptors (Lipinski definition) is 11. The first-order chi connectivity index (χ1) is 18.4. The van der Waals surface area contributed by atoms with Crippen molar-refractivity contribution in [1.29, 1.82) is 0 Å². The zero-order chi connectivity index (χ0) is 32.2. The highest BCUT2D eigenvalue weighted by Crippen LogP contribution is 2.12. The highest BCUT2D eigenvalue weighted by Gasteiger charge is 2.26. The maximum atomic E-state index is 12.7. The molecule has 0 aromatic heterocycles. The molecular formula is C30H57N3O8. The van der Waals surface area contributed by atoms with Crippen LogP contribution in [-0.4, -0.2) is 120 Å². The van der Waals surface area contributed by atoms with Crippen LogP contribution in [0, 0.1) is 0 Å². The number of ether oxygens (including phenoxy) is 4. The molecule has 0 aromatic rings. The molecule has 11 nitrogen and oxygen atoms in total. The molecule has 0 spiro atoms. The van der Waals surface area contributed by atoms with Gasteiger partial charge in [0.2, 0.25) is 0 Å². The van der Waals surface area contributed by atoms with E-state index in [-0.39, 0.29) is 32.1 Å². The first kappa shape index (κ1) is 38.8. The average Bonchev–Trinajstić information content (AvgIpc) is 2.68. The molecule has 0 bridgehead atoms. The highest BCUT2D eigenvalue weighted by molar-refractivity contribution is 5.75. The standard InChI is InChI=1S/C30H57N3O8/c1-14-31(19-23(34)38-27(2,3)4)15-16-32(20-24(35)39-28(5,6)7)17-18-33(21-25(36)40-29(8,9)10)22-26(37)41-30(11,12)13/h14-22H2,1-13H3. The summed E-state index contributed by atoms with van der Waals surface area (Å²) in [6, 6.07) is 0. The first-order valence-corrected chi connectivity index (χ1v) is 14.4. The van der Waals surface area contributed by atoms with Gasteiger partial charge in [-0.25, -0.2) is 0 Å². The summed E-state index contributed by atoms with van der Waals surface area (Å²) in [5, 5.41) is 0. The van der Waals surface area contributed by atoms with Crippen molar-refractivity contribution in [3.63, 3.8) is 0 Å². The van der Waals surface area contributed by atoms with Crippen LogP contribution in [0.2, 0.25) is 0 Å². The summed E-state index contributed by atoms with van der Waals surface area (Å²) in [5.41, 5.74) is -2.57. The Balaban J connectivity index is 5.64. The van der Waals surface area contributed by atoms with Crippen LogP contribution in [0.15, 0.2) is 0 Å². The van der Waals surface area contributed by atoms with E-state index in [0.29, 0.717) is 32.7 Å². The smallest absolute Gasteiger partial charge is 0.320 e. The lowest BCUT2D eigenvalue weighted by atomic mass is 10.2. The molecule has 0 saturated heterocycles. The number of likely N-dealkylation sites (N-methyl/N-ethyl adjacent to an activating group) is 1.